The van der Waals surface area contributed by atoms with Gasteiger partial charge >= 0.3 is 0 Å². The van der Waals surface area contributed by atoms with E-state index in [1.165, 1.54) is 6.07 Å². The highest BCUT2D eigenvalue weighted by Crippen LogP contribution is 2.30. The summed E-state index contributed by atoms with van der Waals surface area (Å²) in [5, 5.41) is 2.74. The monoisotopic (exact) mass is 276 g/mol. The summed E-state index contributed by atoms with van der Waals surface area (Å²) in [6, 6.07) is 3.13. The molecule has 1 aliphatic heterocycles. The van der Waals surface area contributed by atoms with Gasteiger partial charge in [0.1, 0.15) is 12.1 Å². The largest absolute Gasteiger partial charge is 0.325 e. The molecule has 1 aromatic carbocycles. The molecule has 0 radical (unpaired) electrons. The van der Waals surface area contributed by atoms with E-state index in [2.05, 4.69) is 5.32 Å². The van der Waals surface area contributed by atoms with E-state index in [4.69, 9.17) is 0 Å². The highest BCUT2D eigenvalue weighted by atomic mass is 19.1. The SMILES string of the molecule is O=CC1Cc2cc(NC(=O)CN3CCC3)cc(F)c2C1. The molecule has 0 saturated carbocycles. The number of hydrogen-bond acceptors (Lipinski definition) is 3. The van der Waals surface area contributed by atoms with Gasteiger partial charge in [-0.25, -0.2) is 4.39 Å². The number of hydrogen-bond donors (Lipinski definition) is 1. The Labute approximate surface area is 117 Å². The van der Waals surface area contributed by atoms with E-state index in [1.807, 2.05) is 4.90 Å². The van der Waals surface area contributed by atoms with Crippen LogP contribution in [0.3, 0.4) is 0 Å². The molecule has 1 heterocycles. The molecule has 106 valence electrons. The summed E-state index contributed by atoms with van der Waals surface area (Å²) >= 11 is 0. The lowest BCUT2D eigenvalue weighted by molar-refractivity contribution is -0.118. The van der Waals surface area contributed by atoms with Gasteiger partial charge < -0.3 is 10.1 Å². The molecule has 1 aromatic rings. The molecule has 5 heteroatoms. The average Bonchev–Trinajstić information content (AvgIpc) is 2.77. The smallest absolute Gasteiger partial charge is 0.238 e. The summed E-state index contributed by atoms with van der Waals surface area (Å²) in [4.78, 5) is 24.7. The van der Waals surface area contributed by atoms with Crippen molar-refractivity contribution in [2.24, 2.45) is 5.92 Å². The lowest BCUT2D eigenvalue weighted by Crippen LogP contribution is -2.42. The summed E-state index contributed by atoms with van der Waals surface area (Å²) in [7, 11) is 0. The highest BCUT2D eigenvalue weighted by Gasteiger charge is 2.25. The number of nitrogens with zero attached hydrogens (tertiary/aromatic N) is 1. The summed E-state index contributed by atoms with van der Waals surface area (Å²) < 4.78 is 14.0. The van der Waals surface area contributed by atoms with Crippen LogP contribution in [0.1, 0.15) is 17.5 Å². The van der Waals surface area contributed by atoms with Crippen LogP contribution in [0.4, 0.5) is 10.1 Å². The predicted octanol–water partition coefficient (Wildman–Crippen LogP) is 1.38. The Balaban J connectivity index is 1.70. The first kappa shape index (κ1) is 13.2. The van der Waals surface area contributed by atoms with Crippen molar-refractivity contribution in [1.82, 2.24) is 4.90 Å². The Morgan fingerprint density at radius 1 is 1.40 bits per heavy atom. The molecule has 1 saturated heterocycles. The van der Waals surface area contributed by atoms with Gasteiger partial charge in [0.2, 0.25) is 5.91 Å². The first-order chi connectivity index (χ1) is 9.65. The third kappa shape index (κ3) is 2.58. The normalized spacial score (nSPS) is 21.1. The number of carbonyl (C=O) groups excluding carboxylic acids is 2. The predicted molar refractivity (Wildman–Crippen MR) is 73.0 cm³/mol. The Morgan fingerprint density at radius 3 is 2.85 bits per heavy atom. The lowest BCUT2D eigenvalue weighted by atomic mass is 10.1. The molecular formula is C15H17FN2O2. The number of benzene rings is 1. The fourth-order valence-corrected chi connectivity index (χ4v) is 2.83. The van der Waals surface area contributed by atoms with Crippen LogP contribution >= 0.6 is 0 Å². The van der Waals surface area contributed by atoms with E-state index in [9.17, 15) is 14.0 Å². The Hall–Kier alpha value is -1.75. The summed E-state index contributed by atoms with van der Waals surface area (Å²) in [5.74, 6) is -0.577. The quantitative estimate of drug-likeness (QED) is 0.845. The van der Waals surface area contributed by atoms with Gasteiger partial charge in [0, 0.05) is 11.6 Å². The van der Waals surface area contributed by atoms with Crippen molar-refractivity contribution in [2.45, 2.75) is 19.3 Å². The van der Waals surface area contributed by atoms with Gasteiger partial charge in [-0.2, -0.15) is 0 Å². The van der Waals surface area contributed by atoms with E-state index in [1.54, 1.807) is 6.07 Å². The van der Waals surface area contributed by atoms with Crippen LogP contribution in [0.5, 0.6) is 0 Å². The molecule has 1 aliphatic carbocycles. The van der Waals surface area contributed by atoms with Crippen LogP contribution < -0.4 is 5.32 Å². The molecular weight excluding hydrogens is 259 g/mol. The number of fused-ring (bicyclic) bond motifs is 1. The van der Waals surface area contributed by atoms with Crippen LogP contribution in [0.2, 0.25) is 0 Å². The number of likely N-dealkylation sites (tertiary alicyclic amines) is 1. The molecule has 1 N–H and O–H groups in total. The lowest BCUT2D eigenvalue weighted by Gasteiger charge is -2.29. The minimum atomic E-state index is -0.328. The second-order valence-corrected chi connectivity index (χ2v) is 5.58. The van der Waals surface area contributed by atoms with Crippen molar-refractivity contribution in [3.8, 4) is 0 Å². The molecule has 0 bridgehead atoms. The maximum Gasteiger partial charge on any atom is 0.238 e. The molecule has 4 nitrogen and oxygen atoms in total. The van der Waals surface area contributed by atoms with Crippen molar-refractivity contribution in [3.63, 3.8) is 0 Å². The molecule has 0 aromatic heterocycles. The second kappa shape index (κ2) is 5.32. The molecule has 1 atom stereocenters. The first-order valence-electron chi connectivity index (χ1n) is 6.94. The molecule has 1 amide bonds. The fraction of sp³-hybridized carbons (Fsp3) is 0.467. The summed E-state index contributed by atoms with van der Waals surface area (Å²) in [6.45, 7) is 2.26. The van der Waals surface area contributed by atoms with Crippen molar-refractivity contribution in [1.29, 1.82) is 0 Å². The molecule has 0 spiro atoms. The van der Waals surface area contributed by atoms with Gasteiger partial charge in [0.25, 0.3) is 0 Å². The van der Waals surface area contributed by atoms with Crippen molar-refractivity contribution in [3.05, 3.63) is 29.1 Å². The standard InChI is InChI=1S/C15H17FN2O2/c16-14-7-12(17-15(20)8-18-2-1-3-18)6-11-4-10(9-19)5-13(11)14/h6-7,9-10H,1-5,8H2,(H,17,20). The van der Waals surface area contributed by atoms with Gasteiger partial charge in [-0.05, 0) is 55.6 Å². The zero-order valence-corrected chi connectivity index (χ0v) is 11.2. The number of carbonyl (C=O) groups is 2. The maximum atomic E-state index is 14.0. The van der Waals surface area contributed by atoms with E-state index >= 15 is 0 Å². The first-order valence-corrected chi connectivity index (χ1v) is 6.94. The number of aldehydes is 1. The highest BCUT2D eigenvalue weighted by molar-refractivity contribution is 5.92. The van der Waals surface area contributed by atoms with Crippen LogP contribution in [0.25, 0.3) is 0 Å². The third-order valence-electron chi connectivity index (χ3n) is 4.03. The minimum Gasteiger partial charge on any atom is -0.325 e. The summed E-state index contributed by atoms with van der Waals surface area (Å²) in [5.41, 5.74) is 1.93. The molecule has 2 aliphatic rings. The average molecular weight is 276 g/mol. The van der Waals surface area contributed by atoms with Crippen LogP contribution in [-0.2, 0) is 22.4 Å². The van der Waals surface area contributed by atoms with Gasteiger partial charge in [-0.15, -0.1) is 0 Å². The number of anilines is 1. The van der Waals surface area contributed by atoms with Crippen LogP contribution in [-0.4, -0.2) is 36.7 Å². The Morgan fingerprint density at radius 2 is 2.20 bits per heavy atom. The molecule has 20 heavy (non-hydrogen) atoms. The maximum absolute atomic E-state index is 14.0. The van der Waals surface area contributed by atoms with Gasteiger partial charge in [-0.3, -0.25) is 9.69 Å². The second-order valence-electron chi connectivity index (χ2n) is 5.58. The molecule has 3 rings (SSSR count). The van der Waals surface area contributed by atoms with E-state index in [-0.39, 0.29) is 17.6 Å². The zero-order valence-electron chi connectivity index (χ0n) is 11.2. The zero-order chi connectivity index (χ0) is 14.1. The molecule has 1 unspecified atom stereocenters. The Kier molecular flexibility index (Phi) is 3.53. The number of halogens is 1. The third-order valence-corrected chi connectivity index (χ3v) is 4.03. The fourth-order valence-electron chi connectivity index (χ4n) is 2.83. The number of nitrogens with one attached hydrogen (secondary N) is 1. The van der Waals surface area contributed by atoms with Crippen LogP contribution in [0.15, 0.2) is 12.1 Å². The van der Waals surface area contributed by atoms with Crippen LogP contribution in [0, 0.1) is 11.7 Å². The minimum absolute atomic E-state index is 0.117. The van der Waals surface area contributed by atoms with Crippen molar-refractivity contribution >= 4 is 17.9 Å². The van der Waals surface area contributed by atoms with E-state index in [0.717, 1.165) is 31.4 Å². The van der Waals surface area contributed by atoms with E-state index in [0.29, 0.717) is 30.6 Å². The van der Waals surface area contributed by atoms with Gasteiger partial charge in [-0.1, -0.05) is 0 Å². The Bertz CT molecular complexity index is 555. The topological polar surface area (TPSA) is 49.4 Å². The number of rotatable bonds is 4. The van der Waals surface area contributed by atoms with E-state index < -0.39 is 0 Å². The van der Waals surface area contributed by atoms with Gasteiger partial charge in [0.05, 0.1) is 6.54 Å². The number of amides is 1. The van der Waals surface area contributed by atoms with Crippen molar-refractivity contribution < 1.29 is 14.0 Å². The van der Waals surface area contributed by atoms with Crippen molar-refractivity contribution in [2.75, 3.05) is 25.0 Å². The van der Waals surface area contributed by atoms with Gasteiger partial charge in [0.15, 0.2) is 0 Å². The summed E-state index contributed by atoms with van der Waals surface area (Å²) in [6.07, 6.45) is 3.04. The molecule has 1 fully saturated rings.